The molecule has 9 nitrogen and oxygen atoms in total. The van der Waals surface area contributed by atoms with Gasteiger partial charge in [-0.2, -0.15) is 8.42 Å². The van der Waals surface area contributed by atoms with E-state index in [0.717, 1.165) is 19.1 Å². The summed E-state index contributed by atoms with van der Waals surface area (Å²) in [5.41, 5.74) is -0.0347. The Morgan fingerprint density at radius 1 is 1.08 bits per heavy atom. The molecule has 0 saturated carbocycles. The van der Waals surface area contributed by atoms with Crippen molar-refractivity contribution in [2.24, 2.45) is 5.41 Å². The zero-order valence-corrected chi connectivity index (χ0v) is 23.5. The number of hydrogen-bond donors (Lipinski definition) is 1. The van der Waals surface area contributed by atoms with Crippen LogP contribution in [0, 0.1) is 5.41 Å². The first-order valence-electron chi connectivity index (χ1n) is 12.1. The summed E-state index contributed by atoms with van der Waals surface area (Å²) in [7, 11) is -3.64. The number of carbonyl (C=O) groups excluding carboxylic acids is 1. The number of alkyl carbamates (subject to hydrolysis) is 1. The van der Waals surface area contributed by atoms with Crippen molar-refractivity contribution in [2.45, 2.75) is 86.6 Å². The van der Waals surface area contributed by atoms with Crippen LogP contribution in [0.4, 0.5) is 4.79 Å². The molecule has 10 heteroatoms. The lowest BCUT2D eigenvalue weighted by atomic mass is 9.96. The van der Waals surface area contributed by atoms with Gasteiger partial charge >= 0.3 is 6.09 Å². The fourth-order valence-electron chi connectivity index (χ4n) is 3.54. The van der Waals surface area contributed by atoms with Gasteiger partial charge in [0, 0.05) is 11.9 Å². The van der Waals surface area contributed by atoms with Crippen LogP contribution in [0.1, 0.15) is 72.6 Å². The van der Waals surface area contributed by atoms with Gasteiger partial charge in [-0.25, -0.2) is 4.79 Å². The number of hydrogen-bond acceptors (Lipinski definition) is 7. The van der Waals surface area contributed by atoms with E-state index in [1.54, 1.807) is 43.5 Å². The monoisotopic (exact) mass is 524 g/mol. The Morgan fingerprint density at radius 3 is 2.31 bits per heavy atom. The number of ether oxygens (including phenoxy) is 2. The van der Waals surface area contributed by atoms with Crippen molar-refractivity contribution in [3.8, 4) is 5.75 Å². The molecule has 1 aromatic carbocycles. The number of nitrogens with one attached hydrogen (secondary N) is 1. The molecule has 36 heavy (non-hydrogen) atoms. The van der Waals surface area contributed by atoms with Crippen LogP contribution in [0.15, 0.2) is 23.0 Å². The van der Waals surface area contributed by atoms with Gasteiger partial charge in [-0.1, -0.05) is 40.2 Å². The summed E-state index contributed by atoms with van der Waals surface area (Å²) in [6.45, 7) is 14.1. The molecule has 1 N–H and O–H groups in total. The van der Waals surface area contributed by atoms with E-state index >= 15 is 0 Å². The molecule has 0 aliphatic carbocycles. The molecule has 202 valence electrons. The molecular formula is C26H40N2O7S. The Bertz CT molecular complexity index is 1240. The Kier molecular flexibility index (Phi) is 9.58. The molecule has 0 radical (unpaired) electrons. The van der Waals surface area contributed by atoms with Crippen LogP contribution in [0.25, 0.3) is 10.8 Å². The number of benzene rings is 1. The lowest BCUT2D eigenvalue weighted by Gasteiger charge is -2.26. The minimum Gasteiger partial charge on any atom is -0.491 e. The van der Waals surface area contributed by atoms with Crippen LogP contribution in [-0.2, 0) is 38.7 Å². The van der Waals surface area contributed by atoms with E-state index in [1.165, 1.54) is 0 Å². The summed E-state index contributed by atoms with van der Waals surface area (Å²) in [6.07, 6.45) is 2.10. The van der Waals surface area contributed by atoms with Gasteiger partial charge in [-0.15, -0.1) is 0 Å². The Balaban J connectivity index is 2.70. The van der Waals surface area contributed by atoms with Crippen molar-refractivity contribution in [2.75, 3.05) is 12.9 Å². The van der Waals surface area contributed by atoms with Gasteiger partial charge in [-0.05, 0) is 50.3 Å². The predicted molar refractivity (Wildman–Crippen MR) is 141 cm³/mol. The molecule has 1 amide bonds. The molecular weight excluding hydrogens is 484 g/mol. The second-order valence-corrected chi connectivity index (χ2v) is 12.8. The average molecular weight is 525 g/mol. The van der Waals surface area contributed by atoms with E-state index < -0.39 is 21.8 Å². The van der Waals surface area contributed by atoms with Crippen LogP contribution >= 0.6 is 0 Å². The topological polar surface area (TPSA) is 113 Å². The van der Waals surface area contributed by atoms with Crippen molar-refractivity contribution < 1.29 is 26.9 Å². The molecule has 2 rings (SSSR count). The molecule has 2 aromatic rings. The van der Waals surface area contributed by atoms with Crippen molar-refractivity contribution in [3.63, 3.8) is 0 Å². The first kappa shape index (κ1) is 29.6. The number of fused-ring (bicyclic) bond motifs is 1. The molecule has 0 spiro atoms. The highest BCUT2D eigenvalue weighted by molar-refractivity contribution is 7.85. The third kappa shape index (κ3) is 9.13. The minimum atomic E-state index is -3.64. The zero-order chi connectivity index (χ0) is 27.3. The van der Waals surface area contributed by atoms with Crippen LogP contribution in [0.3, 0.4) is 0 Å². The number of pyridine rings is 1. The molecule has 0 atom stereocenters. The third-order valence-corrected chi connectivity index (χ3v) is 5.55. The quantitative estimate of drug-likeness (QED) is 0.353. The van der Waals surface area contributed by atoms with Gasteiger partial charge in [0.1, 0.15) is 11.4 Å². The highest BCUT2D eigenvalue weighted by Crippen LogP contribution is 2.31. The zero-order valence-electron chi connectivity index (χ0n) is 22.7. The van der Waals surface area contributed by atoms with Gasteiger partial charge in [-0.3, -0.25) is 8.98 Å². The van der Waals surface area contributed by atoms with Gasteiger partial charge in [0.15, 0.2) is 0 Å². The van der Waals surface area contributed by atoms with Crippen LogP contribution in [0.2, 0.25) is 0 Å². The standard InChI is InChI=1S/C26H40N2O7S/c1-9-10-13-33-22-20-14-18(16-34-36(8,31)32)11-12-19(20)23(29)28(17-25(2,3)4)21(22)15-27-24(30)35-26(5,6)7/h11-12,14H,9-10,13,15-17H2,1-8H3,(H,27,30). The number of amides is 1. The fraction of sp³-hybridized carbons (Fsp3) is 0.615. The van der Waals surface area contributed by atoms with Crippen LogP contribution < -0.4 is 15.6 Å². The lowest BCUT2D eigenvalue weighted by Crippen LogP contribution is -2.36. The summed E-state index contributed by atoms with van der Waals surface area (Å²) in [4.78, 5) is 26.1. The maximum absolute atomic E-state index is 13.6. The lowest BCUT2D eigenvalue weighted by molar-refractivity contribution is 0.0521. The van der Waals surface area contributed by atoms with Gasteiger partial charge in [0.2, 0.25) is 0 Å². The van der Waals surface area contributed by atoms with E-state index in [2.05, 4.69) is 5.32 Å². The maximum atomic E-state index is 13.6. The van der Waals surface area contributed by atoms with E-state index in [9.17, 15) is 18.0 Å². The van der Waals surface area contributed by atoms with Crippen molar-refractivity contribution >= 4 is 27.0 Å². The summed E-state index contributed by atoms with van der Waals surface area (Å²) in [6, 6.07) is 5.04. The SMILES string of the molecule is CCCCOc1c(CNC(=O)OC(C)(C)C)n(CC(C)(C)C)c(=O)c2ccc(COS(C)(=O)=O)cc12. The number of carbonyl (C=O) groups is 1. The molecule has 0 fully saturated rings. The first-order valence-corrected chi connectivity index (χ1v) is 13.9. The summed E-state index contributed by atoms with van der Waals surface area (Å²) >= 11 is 0. The van der Waals surface area contributed by atoms with Crippen LogP contribution in [0.5, 0.6) is 5.75 Å². The Morgan fingerprint density at radius 2 is 1.75 bits per heavy atom. The maximum Gasteiger partial charge on any atom is 0.407 e. The Hall–Kier alpha value is -2.59. The number of unbranched alkanes of at least 4 members (excludes halogenated alkanes) is 1. The molecule has 0 aliphatic heterocycles. The smallest absolute Gasteiger partial charge is 0.407 e. The third-order valence-electron chi connectivity index (χ3n) is 5.01. The highest BCUT2D eigenvalue weighted by Gasteiger charge is 2.24. The second kappa shape index (κ2) is 11.6. The summed E-state index contributed by atoms with van der Waals surface area (Å²) < 4.78 is 41.2. The normalized spacial score (nSPS) is 12.6. The number of aromatic nitrogens is 1. The Labute approximate surface area is 214 Å². The molecule has 0 saturated heterocycles. The summed E-state index contributed by atoms with van der Waals surface area (Å²) in [5.74, 6) is 0.472. The molecule has 1 aromatic heterocycles. The first-order chi connectivity index (χ1) is 16.5. The van der Waals surface area contributed by atoms with Gasteiger partial charge in [0.25, 0.3) is 15.7 Å². The summed E-state index contributed by atoms with van der Waals surface area (Å²) in [5, 5.41) is 3.74. The molecule has 0 bridgehead atoms. The van der Waals surface area contributed by atoms with E-state index in [1.807, 2.05) is 27.7 Å². The van der Waals surface area contributed by atoms with E-state index in [4.69, 9.17) is 13.7 Å². The van der Waals surface area contributed by atoms with E-state index in [-0.39, 0.29) is 24.1 Å². The second-order valence-electron chi connectivity index (χ2n) is 11.1. The average Bonchev–Trinajstić information content (AvgIpc) is 2.72. The minimum absolute atomic E-state index is 0.0156. The predicted octanol–water partition coefficient (Wildman–Crippen LogP) is 4.73. The van der Waals surface area contributed by atoms with Crippen molar-refractivity contribution in [1.82, 2.24) is 9.88 Å². The van der Waals surface area contributed by atoms with Crippen LogP contribution in [-0.4, -0.2) is 37.5 Å². The fourth-order valence-corrected chi connectivity index (χ4v) is 3.89. The van der Waals surface area contributed by atoms with Gasteiger partial charge in [0.05, 0.1) is 37.1 Å². The van der Waals surface area contributed by atoms with E-state index in [0.29, 0.717) is 40.9 Å². The number of rotatable bonds is 10. The molecule has 0 unspecified atom stereocenters. The molecule has 0 aliphatic rings. The number of nitrogens with zero attached hydrogens (tertiary/aromatic N) is 1. The highest BCUT2D eigenvalue weighted by atomic mass is 32.2. The van der Waals surface area contributed by atoms with Gasteiger partial charge < -0.3 is 19.4 Å². The largest absolute Gasteiger partial charge is 0.491 e. The van der Waals surface area contributed by atoms with Crippen molar-refractivity contribution in [3.05, 3.63) is 39.8 Å². The van der Waals surface area contributed by atoms with Crippen molar-refractivity contribution in [1.29, 1.82) is 0 Å². The molecule has 1 heterocycles.